The highest BCUT2D eigenvalue weighted by molar-refractivity contribution is 5.82. The molecule has 0 aliphatic carbocycles. The molecule has 5 aromatic carbocycles. The molecule has 0 unspecified atom stereocenters. The Morgan fingerprint density at radius 2 is 0.647 bits per heavy atom. The average molecular weight is 441 g/mol. The van der Waals surface area contributed by atoms with Crippen LogP contribution in [0.3, 0.4) is 0 Å². The zero-order valence-electron chi connectivity index (χ0n) is 19.6. The zero-order valence-corrected chi connectivity index (χ0v) is 19.6. The minimum absolute atomic E-state index is 1.11. The number of benzene rings is 5. The Morgan fingerprint density at radius 1 is 0.324 bits per heavy atom. The van der Waals surface area contributed by atoms with Crippen molar-refractivity contribution in [3.05, 3.63) is 145 Å². The summed E-state index contributed by atoms with van der Waals surface area (Å²) in [5.74, 6) is 0. The third kappa shape index (κ3) is 4.57. The highest BCUT2D eigenvalue weighted by Gasteiger charge is 2.16. The largest absolute Gasteiger partial charge is 0.310 e. The van der Waals surface area contributed by atoms with E-state index >= 15 is 0 Å². The molecule has 34 heavy (non-hydrogen) atoms. The highest BCUT2D eigenvalue weighted by atomic mass is 15.2. The normalized spacial score (nSPS) is 10.6. The molecule has 0 aromatic heterocycles. The minimum atomic E-state index is 1.11. The maximum atomic E-state index is 2.32. The van der Waals surface area contributed by atoms with Crippen LogP contribution >= 0.6 is 0 Å². The first-order chi connectivity index (χ1) is 16.7. The van der Waals surface area contributed by atoms with Gasteiger partial charge < -0.3 is 9.80 Å². The van der Waals surface area contributed by atoms with Crippen LogP contribution in [-0.2, 0) is 0 Å². The van der Waals surface area contributed by atoms with Crippen LogP contribution in [0.5, 0.6) is 0 Å². The summed E-state index contributed by atoms with van der Waals surface area (Å²) in [7, 11) is 0. The summed E-state index contributed by atoms with van der Waals surface area (Å²) in [6.07, 6.45) is 0. The predicted molar refractivity (Wildman–Crippen MR) is 145 cm³/mol. The molecule has 0 saturated heterocycles. The standard InChI is InChI=1S/C32H28N2/c1-25-16-20-29(21-17-25)34(30-22-18-26(2)19-23-30)32-15-9-14-31(24-32)33(27-10-5-3-6-11-27)28-12-7-4-8-13-28/h3-24H,1-2H3. The van der Waals surface area contributed by atoms with Crippen LogP contribution in [0.2, 0.25) is 0 Å². The fourth-order valence-electron chi connectivity index (χ4n) is 4.21. The second-order valence-electron chi connectivity index (χ2n) is 8.53. The van der Waals surface area contributed by atoms with Crippen LogP contribution in [-0.4, -0.2) is 0 Å². The van der Waals surface area contributed by atoms with Crippen molar-refractivity contribution in [2.45, 2.75) is 13.8 Å². The van der Waals surface area contributed by atoms with E-state index in [0.717, 1.165) is 34.1 Å². The molecule has 0 radical (unpaired) electrons. The first kappa shape index (κ1) is 21.5. The lowest BCUT2D eigenvalue weighted by Gasteiger charge is -2.29. The molecular weight excluding hydrogens is 412 g/mol. The lowest BCUT2D eigenvalue weighted by Crippen LogP contribution is -2.13. The third-order valence-electron chi connectivity index (χ3n) is 5.96. The van der Waals surface area contributed by atoms with E-state index in [1.54, 1.807) is 0 Å². The van der Waals surface area contributed by atoms with Gasteiger partial charge in [-0.25, -0.2) is 0 Å². The van der Waals surface area contributed by atoms with Gasteiger partial charge in [0, 0.05) is 34.1 Å². The van der Waals surface area contributed by atoms with Crippen molar-refractivity contribution in [3.8, 4) is 0 Å². The van der Waals surface area contributed by atoms with E-state index in [2.05, 4.69) is 157 Å². The molecule has 0 N–H and O–H groups in total. The van der Waals surface area contributed by atoms with Crippen molar-refractivity contribution in [3.63, 3.8) is 0 Å². The summed E-state index contributed by atoms with van der Waals surface area (Å²) < 4.78 is 0. The Labute approximate surface area is 202 Å². The Bertz CT molecular complexity index is 1260. The van der Waals surface area contributed by atoms with Gasteiger partial charge in [0.25, 0.3) is 0 Å². The molecule has 5 aromatic rings. The summed E-state index contributed by atoms with van der Waals surface area (Å²) >= 11 is 0. The maximum Gasteiger partial charge on any atom is 0.0482 e. The van der Waals surface area contributed by atoms with Crippen molar-refractivity contribution in [1.82, 2.24) is 0 Å². The van der Waals surface area contributed by atoms with Crippen molar-refractivity contribution in [2.24, 2.45) is 0 Å². The van der Waals surface area contributed by atoms with Gasteiger partial charge in [-0.2, -0.15) is 0 Å². The Hall–Kier alpha value is -4.30. The summed E-state index contributed by atoms with van der Waals surface area (Å²) in [6.45, 7) is 4.25. The van der Waals surface area contributed by atoms with Crippen molar-refractivity contribution >= 4 is 34.1 Å². The van der Waals surface area contributed by atoms with Gasteiger partial charge in [0.05, 0.1) is 0 Å². The average Bonchev–Trinajstić information content (AvgIpc) is 2.88. The van der Waals surface area contributed by atoms with E-state index in [1.807, 2.05) is 0 Å². The number of aryl methyl sites for hydroxylation is 2. The first-order valence-electron chi connectivity index (χ1n) is 11.6. The molecule has 0 bridgehead atoms. The Morgan fingerprint density at radius 3 is 1.03 bits per heavy atom. The van der Waals surface area contributed by atoms with Crippen LogP contribution in [0.1, 0.15) is 11.1 Å². The quantitative estimate of drug-likeness (QED) is 0.259. The van der Waals surface area contributed by atoms with Gasteiger partial charge in [-0.15, -0.1) is 0 Å². The number of hydrogen-bond acceptors (Lipinski definition) is 2. The van der Waals surface area contributed by atoms with Crippen LogP contribution < -0.4 is 9.80 Å². The van der Waals surface area contributed by atoms with Crippen molar-refractivity contribution < 1.29 is 0 Å². The number of para-hydroxylation sites is 2. The topological polar surface area (TPSA) is 6.48 Å². The van der Waals surface area contributed by atoms with E-state index < -0.39 is 0 Å². The van der Waals surface area contributed by atoms with Crippen molar-refractivity contribution in [1.29, 1.82) is 0 Å². The molecule has 0 saturated carbocycles. The molecule has 166 valence electrons. The number of anilines is 6. The molecule has 0 heterocycles. The molecular formula is C32H28N2. The van der Waals surface area contributed by atoms with E-state index in [-0.39, 0.29) is 0 Å². The minimum Gasteiger partial charge on any atom is -0.310 e. The zero-order chi connectivity index (χ0) is 23.3. The van der Waals surface area contributed by atoms with E-state index in [9.17, 15) is 0 Å². The Kier molecular flexibility index (Phi) is 6.13. The van der Waals surface area contributed by atoms with Gasteiger partial charge >= 0.3 is 0 Å². The maximum absolute atomic E-state index is 2.32. The monoisotopic (exact) mass is 440 g/mol. The molecule has 5 rings (SSSR count). The second kappa shape index (κ2) is 9.68. The highest BCUT2D eigenvalue weighted by Crippen LogP contribution is 2.40. The molecule has 2 heteroatoms. The summed E-state index contributed by atoms with van der Waals surface area (Å²) in [5, 5.41) is 0. The van der Waals surface area contributed by atoms with E-state index in [4.69, 9.17) is 0 Å². The summed E-state index contributed by atoms with van der Waals surface area (Å²) in [6, 6.07) is 47.2. The van der Waals surface area contributed by atoms with E-state index in [1.165, 1.54) is 11.1 Å². The van der Waals surface area contributed by atoms with Crippen LogP contribution in [0.15, 0.2) is 133 Å². The summed E-state index contributed by atoms with van der Waals surface area (Å²) in [5.41, 5.74) is 9.25. The van der Waals surface area contributed by atoms with Gasteiger partial charge in [0.15, 0.2) is 0 Å². The first-order valence-corrected chi connectivity index (χ1v) is 11.6. The predicted octanol–water partition coefficient (Wildman–Crippen LogP) is 9.24. The number of nitrogens with zero attached hydrogens (tertiary/aromatic N) is 2. The molecule has 2 nitrogen and oxygen atoms in total. The van der Waals surface area contributed by atoms with Gasteiger partial charge in [0.2, 0.25) is 0 Å². The molecule has 0 amide bonds. The van der Waals surface area contributed by atoms with Crippen molar-refractivity contribution in [2.75, 3.05) is 9.80 Å². The van der Waals surface area contributed by atoms with Gasteiger partial charge in [-0.1, -0.05) is 77.9 Å². The fraction of sp³-hybridized carbons (Fsp3) is 0.0625. The smallest absolute Gasteiger partial charge is 0.0482 e. The van der Waals surface area contributed by atoms with Gasteiger partial charge in [-0.05, 0) is 80.6 Å². The fourth-order valence-corrected chi connectivity index (χ4v) is 4.21. The third-order valence-corrected chi connectivity index (χ3v) is 5.96. The Balaban J connectivity index is 1.65. The van der Waals surface area contributed by atoms with Gasteiger partial charge in [-0.3, -0.25) is 0 Å². The van der Waals surface area contributed by atoms with Crippen LogP contribution in [0.4, 0.5) is 34.1 Å². The van der Waals surface area contributed by atoms with Gasteiger partial charge in [0.1, 0.15) is 0 Å². The summed E-state index contributed by atoms with van der Waals surface area (Å²) in [4.78, 5) is 4.61. The molecule has 0 aliphatic rings. The lowest BCUT2D eigenvalue weighted by molar-refractivity contribution is 1.24. The van der Waals surface area contributed by atoms with Crippen LogP contribution in [0.25, 0.3) is 0 Å². The molecule has 0 spiro atoms. The lowest BCUT2D eigenvalue weighted by atomic mass is 10.1. The van der Waals surface area contributed by atoms with E-state index in [0.29, 0.717) is 0 Å². The SMILES string of the molecule is Cc1ccc(N(c2ccc(C)cc2)c2cccc(N(c3ccccc3)c3ccccc3)c2)cc1. The number of hydrogen-bond donors (Lipinski definition) is 0. The second-order valence-corrected chi connectivity index (χ2v) is 8.53. The number of rotatable bonds is 6. The van der Waals surface area contributed by atoms with Crippen LogP contribution in [0, 0.1) is 13.8 Å². The molecule has 0 fully saturated rings. The molecule has 0 aliphatic heterocycles. The molecule has 0 atom stereocenters.